The first-order valence-corrected chi connectivity index (χ1v) is 9.73. The smallest absolute Gasteiger partial charge is 0.337 e. The van der Waals surface area contributed by atoms with Crippen molar-refractivity contribution in [3.05, 3.63) is 77.4 Å². The summed E-state index contributed by atoms with van der Waals surface area (Å²) in [5.41, 5.74) is 2.21. The van der Waals surface area contributed by atoms with Crippen molar-refractivity contribution in [2.24, 2.45) is 5.92 Å². The molecule has 2 aromatic rings. The molecule has 2 N–H and O–H groups in total. The van der Waals surface area contributed by atoms with Gasteiger partial charge in [0.05, 0.1) is 17.9 Å². The monoisotopic (exact) mass is 391 g/mol. The molecule has 0 saturated carbocycles. The van der Waals surface area contributed by atoms with E-state index in [0.717, 1.165) is 36.1 Å². The Labute approximate surface area is 170 Å². The minimum absolute atomic E-state index is 0.0556. The Hall–Kier alpha value is -3.34. The van der Waals surface area contributed by atoms with E-state index < -0.39 is 5.97 Å². The van der Waals surface area contributed by atoms with Crippen LogP contribution in [0.3, 0.4) is 0 Å². The highest BCUT2D eigenvalue weighted by atomic mass is 16.5. The first-order valence-electron chi connectivity index (χ1n) is 9.73. The van der Waals surface area contributed by atoms with Gasteiger partial charge in [-0.25, -0.2) is 4.79 Å². The lowest BCUT2D eigenvalue weighted by atomic mass is 9.95. The molecule has 1 aliphatic carbocycles. The third-order valence-corrected chi connectivity index (χ3v) is 4.89. The Morgan fingerprint density at radius 1 is 1.21 bits per heavy atom. The van der Waals surface area contributed by atoms with Gasteiger partial charge in [0.15, 0.2) is 0 Å². The summed E-state index contributed by atoms with van der Waals surface area (Å²) in [5, 5.41) is 11.8. The fraction of sp³-hybridized carbons (Fsp3) is 0.250. The molecule has 0 heterocycles. The lowest BCUT2D eigenvalue weighted by Gasteiger charge is -2.19. The molecule has 5 nitrogen and oxygen atoms in total. The van der Waals surface area contributed by atoms with Crippen LogP contribution in [0.2, 0.25) is 0 Å². The van der Waals surface area contributed by atoms with Gasteiger partial charge >= 0.3 is 5.97 Å². The van der Waals surface area contributed by atoms with Crippen LogP contribution < -0.4 is 10.1 Å². The number of allylic oxidation sites excluding steroid dienone is 2. The summed E-state index contributed by atoms with van der Waals surface area (Å²) in [4.78, 5) is 23.4. The van der Waals surface area contributed by atoms with Gasteiger partial charge in [-0.3, -0.25) is 4.79 Å². The number of nitrogens with one attached hydrogen (secondary N) is 1. The second kappa shape index (κ2) is 9.73. The molecule has 150 valence electrons. The van der Waals surface area contributed by atoms with E-state index in [0.29, 0.717) is 12.5 Å². The van der Waals surface area contributed by atoms with Gasteiger partial charge in [-0.05, 0) is 73.6 Å². The average Bonchev–Trinajstić information content (AvgIpc) is 2.72. The number of carbonyl (C=O) groups excluding carboxylic acids is 1. The fourth-order valence-electron chi connectivity index (χ4n) is 3.28. The zero-order valence-electron chi connectivity index (χ0n) is 16.4. The van der Waals surface area contributed by atoms with Crippen molar-refractivity contribution in [3.8, 4) is 5.75 Å². The summed E-state index contributed by atoms with van der Waals surface area (Å²) >= 11 is 0. The highest BCUT2D eigenvalue weighted by Gasteiger charge is 2.12. The summed E-state index contributed by atoms with van der Waals surface area (Å²) in [5.74, 6) is -0.0461. The summed E-state index contributed by atoms with van der Waals surface area (Å²) in [6, 6.07) is 12.1. The lowest BCUT2D eigenvalue weighted by Crippen LogP contribution is -2.13. The second-order valence-corrected chi connectivity index (χ2v) is 7.16. The number of carboxylic acids is 1. The molecule has 0 aromatic heterocycles. The molecule has 1 unspecified atom stereocenters. The number of ether oxygens (including phenoxy) is 1. The molecule has 1 aliphatic rings. The molecule has 2 aromatic carbocycles. The molecular formula is C24H25NO4. The highest BCUT2D eigenvalue weighted by molar-refractivity contribution is 6.06. The second-order valence-electron chi connectivity index (χ2n) is 7.16. The molecule has 0 saturated heterocycles. The van der Waals surface area contributed by atoms with E-state index in [4.69, 9.17) is 4.74 Å². The van der Waals surface area contributed by atoms with Crippen LogP contribution in [0.25, 0.3) is 6.08 Å². The zero-order chi connectivity index (χ0) is 20.6. The first-order chi connectivity index (χ1) is 14.0. The number of aryl methyl sites for hydroxylation is 1. The number of amides is 1. The Morgan fingerprint density at radius 3 is 2.76 bits per heavy atom. The van der Waals surface area contributed by atoms with Gasteiger partial charge in [0.1, 0.15) is 5.75 Å². The maximum Gasteiger partial charge on any atom is 0.337 e. The van der Waals surface area contributed by atoms with Crippen molar-refractivity contribution in [3.63, 3.8) is 0 Å². The molecular weight excluding hydrogens is 366 g/mol. The van der Waals surface area contributed by atoms with Crippen molar-refractivity contribution in [2.75, 3.05) is 11.9 Å². The SMILES string of the molecule is Cc1cc(/C=C/C(=O)Nc2ccccc2C(=O)O)ccc1OCC1CC=CCC1. The number of carboxylic acid groups (broad SMARTS) is 1. The normalized spacial score (nSPS) is 16.0. The van der Waals surface area contributed by atoms with Crippen LogP contribution >= 0.6 is 0 Å². The van der Waals surface area contributed by atoms with Crippen molar-refractivity contribution in [1.82, 2.24) is 0 Å². The van der Waals surface area contributed by atoms with E-state index >= 15 is 0 Å². The Balaban J connectivity index is 1.59. The van der Waals surface area contributed by atoms with Crippen LogP contribution in [0.4, 0.5) is 5.69 Å². The number of hydrogen-bond acceptors (Lipinski definition) is 3. The maximum absolute atomic E-state index is 12.2. The maximum atomic E-state index is 12.2. The number of anilines is 1. The third-order valence-electron chi connectivity index (χ3n) is 4.89. The van der Waals surface area contributed by atoms with Crippen molar-refractivity contribution in [1.29, 1.82) is 0 Å². The fourth-order valence-corrected chi connectivity index (χ4v) is 3.28. The minimum Gasteiger partial charge on any atom is -0.493 e. The Bertz CT molecular complexity index is 946. The van der Waals surface area contributed by atoms with Gasteiger partial charge < -0.3 is 15.2 Å². The van der Waals surface area contributed by atoms with Crippen molar-refractivity contribution < 1.29 is 19.4 Å². The first kappa shape index (κ1) is 20.4. The lowest BCUT2D eigenvalue weighted by molar-refractivity contribution is -0.111. The third kappa shape index (κ3) is 5.82. The van der Waals surface area contributed by atoms with Crippen LogP contribution in [0, 0.1) is 12.8 Å². The number of carbonyl (C=O) groups is 2. The van der Waals surface area contributed by atoms with E-state index in [-0.39, 0.29) is 17.2 Å². The van der Waals surface area contributed by atoms with Crippen molar-refractivity contribution >= 4 is 23.6 Å². The summed E-state index contributed by atoms with van der Waals surface area (Å²) in [7, 11) is 0. The summed E-state index contributed by atoms with van der Waals surface area (Å²) in [6.07, 6.45) is 10.9. The van der Waals surface area contributed by atoms with Gasteiger partial charge in [-0.2, -0.15) is 0 Å². The largest absolute Gasteiger partial charge is 0.493 e. The molecule has 0 aliphatic heterocycles. The minimum atomic E-state index is -1.08. The van der Waals surface area contributed by atoms with Gasteiger partial charge in [0.2, 0.25) is 5.91 Å². The molecule has 0 bridgehead atoms. The quantitative estimate of drug-likeness (QED) is 0.510. The summed E-state index contributed by atoms with van der Waals surface area (Å²) in [6.45, 7) is 2.70. The standard InChI is InChI=1S/C24H25NO4/c1-17-15-18(11-13-22(17)29-16-19-7-3-2-4-8-19)12-14-23(26)25-21-10-6-5-9-20(21)24(27)28/h2-3,5-6,9-15,19H,4,7-8,16H2,1H3,(H,25,26)(H,27,28)/b14-12+. The van der Waals surface area contributed by atoms with E-state index in [1.54, 1.807) is 24.3 Å². The predicted molar refractivity (Wildman–Crippen MR) is 114 cm³/mol. The van der Waals surface area contributed by atoms with Gasteiger partial charge in [-0.1, -0.05) is 30.4 Å². The average molecular weight is 391 g/mol. The predicted octanol–water partition coefficient (Wildman–Crippen LogP) is 5.08. The van der Waals surface area contributed by atoms with E-state index in [1.807, 2.05) is 25.1 Å². The van der Waals surface area contributed by atoms with Gasteiger partial charge in [0, 0.05) is 6.08 Å². The number of aromatic carboxylic acids is 1. The highest BCUT2D eigenvalue weighted by Crippen LogP contribution is 2.24. The van der Waals surface area contributed by atoms with Gasteiger partial charge in [0.25, 0.3) is 0 Å². The summed E-state index contributed by atoms with van der Waals surface area (Å²) < 4.78 is 5.98. The molecule has 29 heavy (non-hydrogen) atoms. The molecule has 5 heteroatoms. The number of benzene rings is 2. The van der Waals surface area contributed by atoms with Crippen LogP contribution in [0.1, 0.15) is 40.7 Å². The Kier molecular flexibility index (Phi) is 6.85. The van der Waals surface area contributed by atoms with Crippen LogP contribution in [-0.2, 0) is 4.79 Å². The molecule has 0 radical (unpaired) electrons. The van der Waals surface area contributed by atoms with E-state index in [2.05, 4.69) is 17.5 Å². The molecule has 1 atom stereocenters. The Morgan fingerprint density at radius 2 is 2.03 bits per heavy atom. The number of para-hydroxylation sites is 1. The molecule has 0 fully saturated rings. The molecule has 0 spiro atoms. The van der Waals surface area contributed by atoms with E-state index in [9.17, 15) is 14.7 Å². The number of rotatable bonds is 7. The molecule has 3 rings (SSSR count). The van der Waals surface area contributed by atoms with Gasteiger partial charge in [-0.15, -0.1) is 0 Å². The topological polar surface area (TPSA) is 75.6 Å². The zero-order valence-corrected chi connectivity index (χ0v) is 16.4. The van der Waals surface area contributed by atoms with Crippen LogP contribution in [0.15, 0.2) is 60.7 Å². The van der Waals surface area contributed by atoms with E-state index in [1.165, 1.54) is 12.1 Å². The molecule has 1 amide bonds. The van der Waals surface area contributed by atoms with Crippen LogP contribution in [0.5, 0.6) is 5.75 Å². The van der Waals surface area contributed by atoms with Crippen molar-refractivity contribution in [2.45, 2.75) is 26.2 Å². The van der Waals surface area contributed by atoms with Crippen LogP contribution in [-0.4, -0.2) is 23.6 Å². The number of hydrogen-bond donors (Lipinski definition) is 2.